The minimum absolute atomic E-state index is 0.296. The van der Waals surface area contributed by atoms with Gasteiger partial charge in [-0.25, -0.2) is 0 Å². The summed E-state index contributed by atoms with van der Waals surface area (Å²) in [5.41, 5.74) is 2.22. The second-order valence-corrected chi connectivity index (χ2v) is 4.13. The maximum atomic E-state index is 11.1. The van der Waals surface area contributed by atoms with E-state index >= 15 is 0 Å². The number of benzene rings is 1. The van der Waals surface area contributed by atoms with Crippen molar-refractivity contribution in [1.82, 2.24) is 0 Å². The van der Waals surface area contributed by atoms with Crippen LogP contribution in [-0.4, -0.2) is 11.1 Å². The molecule has 14 heavy (non-hydrogen) atoms. The highest BCUT2D eigenvalue weighted by atomic mass is 16.4. The summed E-state index contributed by atoms with van der Waals surface area (Å²) in [6.07, 6.45) is 1.78. The number of carboxylic acid groups (broad SMARTS) is 1. The molecular weight excluding hydrogens is 176 g/mol. The molecule has 0 spiro atoms. The monoisotopic (exact) mass is 190 g/mol. The highest BCUT2D eigenvalue weighted by molar-refractivity contribution is 5.77. The Labute approximate surface area is 83.6 Å². The number of carbonyl (C=O) groups is 1. The van der Waals surface area contributed by atoms with Crippen LogP contribution >= 0.6 is 0 Å². The summed E-state index contributed by atoms with van der Waals surface area (Å²) in [5.74, 6) is -0.509. The highest BCUT2D eigenvalue weighted by Crippen LogP contribution is 2.34. The maximum absolute atomic E-state index is 11.1. The Hall–Kier alpha value is -1.31. The second kappa shape index (κ2) is 3.45. The molecule has 0 saturated carbocycles. The Morgan fingerprint density at radius 2 is 2.14 bits per heavy atom. The van der Waals surface area contributed by atoms with Crippen LogP contribution in [0.2, 0.25) is 0 Å². The van der Waals surface area contributed by atoms with Crippen LogP contribution in [0.25, 0.3) is 0 Å². The molecule has 1 aliphatic carbocycles. The van der Waals surface area contributed by atoms with E-state index < -0.39 is 5.97 Å². The molecule has 1 aromatic rings. The molecule has 1 aliphatic rings. The first-order valence-corrected chi connectivity index (χ1v) is 4.99. The van der Waals surface area contributed by atoms with Crippen molar-refractivity contribution in [1.29, 1.82) is 0 Å². The molecule has 0 heterocycles. The van der Waals surface area contributed by atoms with Gasteiger partial charge in [0.25, 0.3) is 0 Å². The van der Waals surface area contributed by atoms with Crippen LogP contribution in [-0.2, 0) is 11.2 Å². The topological polar surface area (TPSA) is 37.3 Å². The lowest BCUT2D eigenvalue weighted by Crippen LogP contribution is -2.22. The van der Waals surface area contributed by atoms with E-state index in [1.807, 2.05) is 24.3 Å². The lowest BCUT2D eigenvalue weighted by Gasteiger charge is -2.26. The van der Waals surface area contributed by atoms with Crippen LogP contribution in [0.3, 0.4) is 0 Å². The van der Waals surface area contributed by atoms with Gasteiger partial charge in [-0.15, -0.1) is 0 Å². The van der Waals surface area contributed by atoms with Crippen molar-refractivity contribution < 1.29 is 9.90 Å². The van der Waals surface area contributed by atoms with Gasteiger partial charge in [0.1, 0.15) is 0 Å². The standard InChI is InChI=1S/C12H14O2/c1-8-6-9-4-2-3-5-10(9)11(7-8)12(13)14/h2-5,8,11H,6-7H2,1H3,(H,13,14). The van der Waals surface area contributed by atoms with E-state index in [1.54, 1.807) is 0 Å². The molecule has 0 bridgehead atoms. The SMILES string of the molecule is CC1Cc2ccccc2C(C(=O)O)C1. The Morgan fingerprint density at radius 1 is 1.43 bits per heavy atom. The first-order valence-electron chi connectivity index (χ1n) is 4.99. The number of rotatable bonds is 1. The summed E-state index contributed by atoms with van der Waals surface area (Å²) in [6.45, 7) is 2.12. The Balaban J connectivity index is 2.43. The highest BCUT2D eigenvalue weighted by Gasteiger charge is 2.28. The molecule has 2 unspecified atom stereocenters. The third kappa shape index (κ3) is 1.52. The van der Waals surface area contributed by atoms with E-state index in [9.17, 15) is 4.79 Å². The fourth-order valence-electron chi connectivity index (χ4n) is 2.28. The van der Waals surface area contributed by atoms with Gasteiger partial charge in [-0.3, -0.25) is 4.79 Å². The fraction of sp³-hybridized carbons (Fsp3) is 0.417. The first kappa shape index (κ1) is 9.25. The van der Waals surface area contributed by atoms with Gasteiger partial charge in [0, 0.05) is 0 Å². The summed E-state index contributed by atoms with van der Waals surface area (Å²) in [5, 5.41) is 9.10. The molecule has 2 nitrogen and oxygen atoms in total. The minimum atomic E-state index is -0.691. The van der Waals surface area contributed by atoms with Gasteiger partial charge >= 0.3 is 5.97 Å². The second-order valence-electron chi connectivity index (χ2n) is 4.13. The molecular formula is C12H14O2. The quantitative estimate of drug-likeness (QED) is 0.738. The zero-order chi connectivity index (χ0) is 10.1. The van der Waals surface area contributed by atoms with E-state index in [0.29, 0.717) is 5.92 Å². The average Bonchev–Trinajstić information content (AvgIpc) is 2.16. The molecule has 0 radical (unpaired) electrons. The van der Waals surface area contributed by atoms with Gasteiger partial charge < -0.3 is 5.11 Å². The van der Waals surface area contributed by atoms with Crippen molar-refractivity contribution in [2.75, 3.05) is 0 Å². The van der Waals surface area contributed by atoms with Crippen LogP contribution < -0.4 is 0 Å². The Bertz CT molecular complexity index is 357. The van der Waals surface area contributed by atoms with Crippen molar-refractivity contribution >= 4 is 5.97 Å². The largest absolute Gasteiger partial charge is 0.481 e. The van der Waals surface area contributed by atoms with E-state index in [1.165, 1.54) is 5.56 Å². The predicted molar refractivity (Wildman–Crippen MR) is 54.3 cm³/mol. The van der Waals surface area contributed by atoms with Crippen LogP contribution in [0.4, 0.5) is 0 Å². The van der Waals surface area contributed by atoms with E-state index in [2.05, 4.69) is 6.92 Å². The fourth-order valence-corrected chi connectivity index (χ4v) is 2.28. The van der Waals surface area contributed by atoms with Crippen LogP contribution in [0.5, 0.6) is 0 Å². The molecule has 1 aromatic carbocycles. The summed E-state index contributed by atoms with van der Waals surface area (Å²) >= 11 is 0. The molecule has 0 saturated heterocycles. The first-order chi connectivity index (χ1) is 6.68. The lowest BCUT2D eigenvalue weighted by molar-refractivity contribution is -0.139. The number of aliphatic carboxylic acids is 1. The zero-order valence-corrected chi connectivity index (χ0v) is 8.23. The van der Waals surface area contributed by atoms with Crippen molar-refractivity contribution in [3.05, 3.63) is 35.4 Å². The number of hydrogen-bond donors (Lipinski definition) is 1. The van der Waals surface area contributed by atoms with Crippen LogP contribution in [0.15, 0.2) is 24.3 Å². The Morgan fingerprint density at radius 3 is 2.86 bits per heavy atom. The smallest absolute Gasteiger partial charge is 0.310 e. The van der Waals surface area contributed by atoms with Crippen LogP contribution in [0.1, 0.15) is 30.4 Å². The van der Waals surface area contributed by atoms with E-state index in [4.69, 9.17) is 5.11 Å². The molecule has 2 atom stereocenters. The molecule has 0 aromatic heterocycles. The Kier molecular flexibility index (Phi) is 2.28. The minimum Gasteiger partial charge on any atom is -0.481 e. The summed E-state index contributed by atoms with van der Waals surface area (Å²) in [7, 11) is 0. The third-order valence-corrected chi connectivity index (χ3v) is 2.94. The summed E-state index contributed by atoms with van der Waals surface area (Å²) < 4.78 is 0. The number of fused-ring (bicyclic) bond motifs is 1. The summed E-state index contributed by atoms with van der Waals surface area (Å²) in [6, 6.07) is 7.89. The van der Waals surface area contributed by atoms with Gasteiger partial charge in [0.15, 0.2) is 0 Å². The van der Waals surface area contributed by atoms with Crippen molar-refractivity contribution in [2.24, 2.45) is 5.92 Å². The molecule has 0 aliphatic heterocycles. The van der Waals surface area contributed by atoms with Crippen molar-refractivity contribution in [3.8, 4) is 0 Å². The lowest BCUT2D eigenvalue weighted by atomic mass is 9.78. The number of hydrogen-bond acceptors (Lipinski definition) is 1. The van der Waals surface area contributed by atoms with E-state index in [-0.39, 0.29) is 5.92 Å². The number of carboxylic acids is 1. The van der Waals surface area contributed by atoms with Gasteiger partial charge in [0.2, 0.25) is 0 Å². The normalized spacial score (nSPS) is 25.5. The van der Waals surface area contributed by atoms with Crippen molar-refractivity contribution in [2.45, 2.75) is 25.7 Å². The van der Waals surface area contributed by atoms with Crippen LogP contribution in [0, 0.1) is 5.92 Å². The molecule has 74 valence electrons. The summed E-state index contributed by atoms with van der Waals surface area (Å²) in [4.78, 5) is 11.1. The maximum Gasteiger partial charge on any atom is 0.310 e. The molecule has 0 amide bonds. The third-order valence-electron chi connectivity index (χ3n) is 2.94. The van der Waals surface area contributed by atoms with E-state index in [0.717, 1.165) is 18.4 Å². The molecule has 2 heteroatoms. The molecule has 0 fully saturated rings. The van der Waals surface area contributed by atoms with Gasteiger partial charge in [0.05, 0.1) is 5.92 Å². The molecule has 1 N–H and O–H groups in total. The molecule has 2 rings (SSSR count). The average molecular weight is 190 g/mol. The zero-order valence-electron chi connectivity index (χ0n) is 8.23. The van der Waals surface area contributed by atoms with Gasteiger partial charge in [-0.05, 0) is 29.9 Å². The van der Waals surface area contributed by atoms with Gasteiger partial charge in [-0.2, -0.15) is 0 Å². The van der Waals surface area contributed by atoms with Gasteiger partial charge in [-0.1, -0.05) is 31.2 Å². The van der Waals surface area contributed by atoms with Crippen molar-refractivity contribution in [3.63, 3.8) is 0 Å². The predicted octanol–water partition coefficient (Wildman–Crippen LogP) is 2.44.